The van der Waals surface area contributed by atoms with Crippen LogP contribution in [-0.4, -0.2) is 16.1 Å². The van der Waals surface area contributed by atoms with Gasteiger partial charge in [0.1, 0.15) is 5.82 Å². The summed E-state index contributed by atoms with van der Waals surface area (Å²) in [6.07, 6.45) is -3.62. The molecule has 0 unspecified atom stereocenters. The van der Waals surface area contributed by atoms with Crippen molar-refractivity contribution in [2.75, 3.05) is 5.73 Å². The monoisotopic (exact) mass is 220 g/mol. The fourth-order valence-electron chi connectivity index (χ4n) is 1.02. The van der Waals surface area contributed by atoms with E-state index in [9.17, 15) is 18.0 Å². The van der Waals surface area contributed by atoms with Gasteiger partial charge >= 0.3 is 5.97 Å². The maximum atomic E-state index is 12.8. The number of nitrogen functional groups attached to an aromatic ring is 1. The molecule has 1 rings (SSSR count). The van der Waals surface area contributed by atoms with Crippen LogP contribution in [0.2, 0.25) is 0 Å². The van der Waals surface area contributed by atoms with E-state index in [2.05, 4.69) is 4.98 Å². The van der Waals surface area contributed by atoms with E-state index in [0.717, 1.165) is 6.07 Å². The second-order valence-corrected chi connectivity index (χ2v) is 2.78. The van der Waals surface area contributed by atoms with Crippen LogP contribution in [0.15, 0.2) is 6.07 Å². The van der Waals surface area contributed by atoms with Gasteiger partial charge in [-0.15, -0.1) is 0 Å². The van der Waals surface area contributed by atoms with Crippen molar-refractivity contribution in [2.45, 2.75) is 12.8 Å². The highest BCUT2D eigenvalue weighted by atomic mass is 19.3. The number of carboxylic acid groups (broad SMARTS) is 1. The number of alkyl halides is 2. The number of nitrogens with two attached hydrogens (primary N) is 1. The molecule has 0 radical (unpaired) electrons. The quantitative estimate of drug-likeness (QED) is 0.754. The van der Waals surface area contributed by atoms with Crippen LogP contribution < -0.4 is 5.73 Å². The predicted octanol–water partition coefficient (Wildman–Crippen LogP) is 1.37. The Morgan fingerprint density at radius 3 is 2.67 bits per heavy atom. The molecule has 4 nitrogen and oxygen atoms in total. The van der Waals surface area contributed by atoms with Crippen LogP contribution in [0.3, 0.4) is 0 Å². The fourth-order valence-corrected chi connectivity index (χ4v) is 1.02. The van der Waals surface area contributed by atoms with Gasteiger partial charge in [0.2, 0.25) is 5.95 Å². The van der Waals surface area contributed by atoms with Crippen molar-refractivity contribution in [1.29, 1.82) is 0 Å². The minimum atomic E-state index is -3.05. The van der Waals surface area contributed by atoms with E-state index in [1.165, 1.54) is 0 Å². The smallest absolute Gasteiger partial charge is 0.307 e. The number of rotatable bonds is 3. The van der Waals surface area contributed by atoms with Gasteiger partial charge in [-0.25, -0.2) is 13.8 Å². The van der Waals surface area contributed by atoms with E-state index in [1.807, 2.05) is 0 Å². The lowest BCUT2D eigenvalue weighted by molar-refractivity contribution is -0.136. The molecule has 3 N–H and O–H groups in total. The Balaban J connectivity index is 3.17. The van der Waals surface area contributed by atoms with E-state index >= 15 is 0 Å². The third-order valence-electron chi connectivity index (χ3n) is 1.69. The number of anilines is 1. The molecule has 0 atom stereocenters. The van der Waals surface area contributed by atoms with Crippen molar-refractivity contribution < 1.29 is 23.1 Å². The van der Waals surface area contributed by atoms with Gasteiger partial charge in [-0.3, -0.25) is 4.79 Å². The molecule has 0 aliphatic heterocycles. The molecule has 15 heavy (non-hydrogen) atoms. The largest absolute Gasteiger partial charge is 0.481 e. The van der Waals surface area contributed by atoms with Gasteiger partial charge in [0.25, 0.3) is 6.43 Å². The first kappa shape index (κ1) is 11.3. The van der Waals surface area contributed by atoms with Crippen molar-refractivity contribution >= 4 is 11.8 Å². The summed E-state index contributed by atoms with van der Waals surface area (Å²) in [5.41, 5.74) is 4.11. The highest BCUT2D eigenvalue weighted by Gasteiger charge is 2.18. The summed E-state index contributed by atoms with van der Waals surface area (Å²) in [6.45, 7) is 0. The number of hydrogen-bond acceptors (Lipinski definition) is 3. The zero-order valence-electron chi connectivity index (χ0n) is 7.38. The first-order valence-corrected chi connectivity index (χ1v) is 3.86. The zero-order valence-corrected chi connectivity index (χ0v) is 7.38. The molecule has 0 spiro atoms. The van der Waals surface area contributed by atoms with Gasteiger partial charge in [-0.1, -0.05) is 0 Å². The van der Waals surface area contributed by atoms with Crippen molar-refractivity contribution in [1.82, 2.24) is 4.98 Å². The molecule has 0 amide bonds. The highest BCUT2D eigenvalue weighted by molar-refractivity contribution is 5.72. The van der Waals surface area contributed by atoms with E-state index in [0.29, 0.717) is 0 Å². The lowest BCUT2D eigenvalue weighted by atomic mass is 10.1. The highest BCUT2D eigenvalue weighted by Crippen LogP contribution is 2.24. The van der Waals surface area contributed by atoms with Crippen LogP contribution >= 0.6 is 0 Å². The summed E-state index contributed by atoms with van der Waals surface area (Å²) in [6, 6.07) is 0.719. The summed E-state index contributed by atoms with van der Waals surface area (Å²) in [7, 11) is 0. The number of nitrogens with zero attached hydrogens (tertiary/aromatic N) is 1. The second-order valence-electron chi connectivity index (χ2n) is 2.78. The number of carbonyl (C=O) groups is 1. The molecule has 0 aliphatic rings. The van der Waals surface area contributed by atoms with Crippen LogP contribution in [0.1, 0.15) is 17.6 Å². The SMILES string of the molecule is Nc1nc(F)c(C(F)F)cc1CC(=O)O. The summed E-state index contributed by atoms with van der Waals surface area (Å²) in [5.74, 6) is -3.02. The standard InChI is InChI=1S/C8H7F3N2O2/c9-6(10)4-1-3(2-5(14)15)8(12)13-7(4)11/h1,6H,2H2,(H2,12,13)(H,14,15). The van der Waals surface area contributed by atoms with Gasteiger partial charge in [-0.2, -0.15) is 4.39 Å². The molecular weight excluding hydrogens is 213 g/mol. The lowest BCUT2D eigenvalue weighted by Gasteiger charge is -2.06. The van der Waals surface area contributed by atoms with Crippen molar-refractivity contribution in [3.05, 3.63) is 23.1 Å². The van der Waals surface area contributed by atoms with Gasteiger partial charge in [0.15, 0.2) is 0 Å². The van der Waals surface area contributed by atoms with Crippen LogP contribution in [0.25, 0.3) is 0 Å². The second kappa shape index (κ2) is 4.16. The van der Waals surface area contributed by atoms with Crippen LogP contribution in [0.5, 0.6) is 0 Å². The number of halogens is 3. The Morgan fingerprint density at radius 1 is 1.60 bits per heavy atom. The maximum absolute atomic E-state index is 12.8. The minimum Gasteiger partial charge on any atom is -0.481 e. The summed E-state index contributed by atoms with van der Waals surface area (Å²) >= 11 is 0. The number of hydrogen-bond donors (Lipinski definition) is 2. The van der Waals surface area contributed by atoms with Gasteiger partial charge in [0.05, 0.1) is 12.0 Å². The topological polar surface area (TPSA) is 76.2 Å². The number of aromatic nitrogens is 1. The lowest BCUT2D eigenvalue weighted by Crippen LogP contribution is -2.08. The molecule has 0 aliphatic carbocycles. The van der Waals surface area contributed by atoms with Crippen LogP contribution in [0.4, 0.5) is 19.0 Å². The molecule has 82 valence electrons. The van der Waals surface area contributed by atoms with Crippen LogP contribution in [0, 0.1) is 5.95 Å². The fraction of sp³-hybridized carbons (Fsp3) is 0.250. The Bertz CT molecular complexity index is 396. The van der Waals surface area contributed by atoms with E-state index in [-0.39, 0.29) is 11.4 Å². The molecule has 1 aromatic rings. The molecule has 1 aromatic heterocycles. The Hall–Kier alpha value is -1.79. The molecule has 0 saturated carbocycles. The Kier molecular flexibility index (Phi) is 3.13. The van der Waals surface area contributed by atoms with Crippen LogP contribution in [-0.2, 0) is 11.2 Å². The van der Waals surface area contributed by atoms with Gasteiger partial charge < -0.3 is 10.8 Å². The molecule has 7 heteroatoms. The van der Waals surface area contributed by atoms with Crippen molar-refractivity contribution in [3.63, 3.8) is 0 Å². The summed E-state index contributed by atoms with van der Waals surface area (Å²) in [4.78, 5) is 13.3. The van der Waals surface area contributed by atoms with E-state index < -0.39 is 30.3 Å². The Labute approximate surface area is 82.5 Å². The molecule has 0 fully saturated rings. The molecule has 0 saturated heterocycles. The number of aliphatic carboxylic acids is 1. The first-order chi connectivity index (χ1) is 6.91. The maximum Gasteiger partial charge on any atom is 0.307 e. The average molecular weight is 220 g/mol. The molecule has 1 heterocycles. The van der Waals surface area contributed by atoms with Crippen molar-refractivity contribution in [2.24, 2.45) is 0 Å². The Morgan fingerprint density at radius 2 is 2.20 bits per heavy atom. The molecule has 0 aromatic carbocycles. The van der Waals surface area contributed by atoms with E-state index in [1.54, 1.807) is 0 Å². The van der Waals surface area contributed by atoms with Gasteiger partial charge in [-0.05, 0) is 6.07 Å². The average Bonchev–Trinajstić information content (AvgIpc) is 2.08. The zero-order chi connectivity index (χ0) is 11.6. The number of carboxylic acids is 1. The van der Waals surface area contributed by atoms with E-state index in [4.69, 9.17) is 10.8 Å². The third kappa shape index (κ3) is 2.58. The van der Waals surface area contributed by atoms with Crippen molar-refractivity contribution in [3.8, 4) is 0 Å². The van der Waals surface area contributed by atoms with Gasteiger partial charge in [0, 0.05) is 5.56 Å². The summed E-state index contributed by atoms with van der Waals surface area (Å²) < 4.78 is 37.2. The normalized spacial score (nSPS) is 10.7. The summed E-state index contributed by atoms with van der Waals surface area (Å²) in [5, 5.41) is 8.43. The first-order valence-electron chi connectivity index (χ1n) is 3.86. The molecular formula is C8H7F3N2O2. The predicted molar refractivity (Wildman–Crippen MR) is 44.9 cm³/mol. The number of pyridine rings is 1. The molecule has 0 bridgehead atoms. The minimum absolute atomic E-state index is 0.126. The third-order valence-corrected chi connectivity index (χ3v) is 1.69.